The van der Waals surface area contributed by atoms with Gasteiger partial charge in [0, 0.05) is 6.42 Å². The van der Waals surface area contributed by atoms with Crippen LogP contribution >= 0.6 is 0 Å². The Balaban J connectivity index is 2.64. The lowest BCUT2D eigenvalue weighted by Gasteiger charge is -2.05. The summed E-state index contributed by atoms with van der Waals surface area (Å²) in [4.78, 5) is 10.2. The Bertz CT molecular complexity index is 259. The van der Waals surface area contributed by atoms with Crippen LogP contribution in [0.3, 0.4) is 0 Å². The molecule has 0 aliphatic rings. The molecule has 0 aliphatic carbocycles. The van der Waals surface area contributed by atoms with E-state index in [4.69, 9.17) is 0 Å². The molecule has 1 nitrogen and oxygen atoms in total. The average Bonchev–Trinajstić information content (AvgIpc) is 2.15. The summed E-state index contributed by atoms with van der Waals surface area (Å²) >= 11 is 0. The molecule has 0 radical (unpaired) electrons. The molecular weight excluding hydrogens is 160 g/mol. The first kappa shape index (κ1) is 9.97. The number of hydrogen-bond donors (Lipinski definition) is 0. The van der Waals surface area contributed by atoms with Crippen molar-refractivity contribution in [2.75, 3.05) is 0 Å². The number of aldehydes is 1. The van der Waals surface area contributed by atoms with Crippen molar-refractivity contribution < 1.29 is 4.79 Å². The Hall–Kier alpha value is -1.11. The summed E-state index contributed by atoms with van der Waals surface area (Å²) in [5.41, 5.74) is 2.60. The van der Waals surface area contributed by atoms with Gasteiger partial charge in [-0.25, -0.2) is 0 Å². The van der Waals surface area contributed by atoms with E-state index in [2.05, 4.69) is 38.1 Å². The maximum atomic E-state index is 10.2. The van der Waals surface area contributed by atoms with Gasteiger partial charge >= 0.3 is 0 Å². The largest absolute Gasteiger partial charge is 0.303 e. The second-order valence-corrected chi connectivity index (χ2v) is 3.60. The third-order valence-electron chi connectivity index (χ3n) is 2.20. The predicted octanol–water partition coefficient (Wildman–Crippen LogP) is 2.94. The van der Waals surface area contributed by atoms with Crippen LogP contribution in [0.1, 0.15) is 37.3 Å². The highest BCUT2D eigenvalue weighted by molar-refractivity contribution is 5.50. The fraction of sp³-hybridized carbons (Fsp3) is 0.417. The van der Waals surface area contributed by atoms with Crippen molar-refractivity contribution in [1.82, 2.24) is 0 Å². The van der Waals surface area contributed by atoms with Gasteiger partial charge in [0.05, 0.1) is 0 Å². The summed E-state index contributed by atoms with van der Waals surface area (Å²) in [6.07, 6.45) is 2.46. The molecule has 0 aromatic heterocycles. The third kappa shape index (κ3) is 3.02. The van der Waals surface area contributed by atoms with Crippen LogP contribution in [0, 0.1) is 0 Å². The van der Waals surface area contributed by atoms with Crippen LogP contribution in [0.25, 0.3) is 0 Å². The Morgan fingerprint density at radius 3 is 2.31 bits per heavy atom. The molecule has 0 atom stereocenters. The smallest absolute Gasteiger partial charge is 0.120 e. The number of aryl methyl sites for hydroxylation is 1. The van der Waals surface area contributed by atoms with Gasteiger partial charge in [0.2, 0.25) is 0 Å². The SMILES string of the molecule is CC(C)c1ccc(CCC=O)cc1. The molecule has 1 aromatic carbocycles. The van der Waals surface area contributed by atoms with E-state index in [9.17, 15) is 4.79 Å². The fourth-order valence-electron chi connectivity index (χ4n) is 1.29. The van der Waals surface area contributed by atoms with Gasteiger partial charge in [0.15, 0.2) is 0 Å². The van der Waals surface area contributed by atoms with Gasteiger partial charge in [-0.15, -0.1) is 0 Å². The zero-order chi connectivity index (χ0) is 9.68. The van der Waals surface area contributed by atoms with Crippen molar-refractivity contribution in [3.8, 4) is 0 Å². The lowest BCUT2D eigenvalue weighted by molar-refractivity contribution is -0.107. The van der Waals surface area contributed by atoms with Crippen molar-refractivity contribution >= 4 is 6.29 Å². The molecule has 1 aromatic rings. The average molecular weight is 176 g/mol. The number of carbonyl (C=O) groups excluding carboxylic acids is 1. The molecule has 0 spiro atoms. The molecule has 70 valence electrons. The molecular formula is C12H16O. The minimum absolute atomic E-state index is 0.583. The molecule has 0 N–H and O–H groups in total. The standard InChI is InChI=1S/C12H16O/c1-10(2)12-7-5-11(6-8-12)4-3-9-13/h5-10H,3-4H2,1-2H3. The highest BCUT2D eigenvalue weighted by Gasteiger charge is 1.98. The maximum absolute atomic E-state index is 10.2. The van der Waals surface area contributed by atoms with Gasteiger partial charge < -0.3 is 4.79 Å². The maximum Gasteiger partial charge on any atom is 0.120 e. The van der Waals surface area contributed by atoms with E-state index in [1.54, 1.807) is 0 Å². The Morgan fingerprint density at radius 1 is 1.23 bits per heavy atom. The van der Waals surface area contributed by atoms with Crippen LogP contribution in [-0.2, 0) is 11.2 Å². The Labute approximate surface area is 79.8 Å². The molecule has 1 rings (SSSR count). The summed E-state index contributed by atoms with van der Waals surface area (Å²) in [7, 11) is 0. The number of hydrogen-bond acceptors (Lipinski definition) is 1. The zero-order valence-corrected chi connectivity index (χ0v) is 8.29. The molecule has 0 unspecified atom stereocenters. The lowest BCUT2D eigenvalue weighted by atomic mass is 10.0. The second kappa shape index (κ2) is 4.80. The van der Waals surface area contributed by atoms with E-state index >= 15 is 0 Å². The van der Waals surface area contributed by atoms with Crippen molar-refractivity contribution in [2.24, 2.45) is 0 Å². The normalized spacial score (nSPS) is 10.4. The van der Waals surface area contributed by atoms with E-state index in [1.807, 2.05) is 0 Å². The minimum Gasteiger partial charge on any atom is -0.303 e. The fourth-order valence-corrected chi connectivity index (χ4v) is 1.29. The van der Waals surface area contributed by atoms with E-state index in [0.29, 0.717) is 12.3 Å². The first-order chi connectivity index (χ1) is 6.24. The van der Waals surface area contributed by atoms with Crippen LogP contribution in [0.4, 0.5) is 0 Å². The number of benzene rings is 1. The number of rotatable bonds is 4. The Kier molecular flexibility index (Phi) is 3.69. The van der Waals surface area contributed by atoms with E-state index in [1.165, 1.54) is 11.1 Å². The van der Waals surface area contributed by atoms with Crippen molar-refractivity contribution in [3.63, 3.8) is 0 Å². The Morgan fingerprint density at radius 2 is 1.85 bits per heavy atom. The van der Waals surface area contributed by atoms with Gasteiger partial charge in [0.1, 0.15) is 6.29 Å². The molecule has 0 amide bonds. The van der Waals surface area contributed by atoms with Gasteiger partial charge in [-0.2, -0.15) is 0 Å². The molecule has 0 saturated heterocycles. The zero-order valence-electron chi connectivity index (χ0n) is 8.29. The van der Waals surface area contributed by atoms with Crippen molar-refractivity contribution in [1.29, 1.82) is 0 Å². The number of carbonyl (C=O) groups is 1. The van der Waals surface area contributed by atoms with Crippen molar-refractivity contribution in [3.05, 3.63) is 35.4 Å². The first-order valence-corrected chi connectivity index (χ1v) is 4.76. The summed E-state index contributed by atoms with van der Waals surface area (Å²) in [6, 6.07) is 8.51. The summed E-state index contributed by atoms with van der Waals surface area (Å²) < 4.78 is 0. The molecule has 0 fully saturated rings. The topological polar surface area (TPSA) is 17.1 Å². The van der Waals surface area contributed by atoms with Gasteiger partial charge in [0.25, 0.3) is 0 Å². The molecule has 0 heterocycles. The summed E-state index contributed by atoms with van der Waals surface area (Å²) in [5.74, 6) is 0.583. The molecule has 0 saturated carbocycles. The monoisotopic (exact) mass is 176 g/mol. The quantitative estimate of drug-likeness (QED) is 0.645. The van der Waals surface area contributed by atoms with Gasteiger partial charge in [-0.05, 0) is 23.5 Å². The van der Waals surface area contributed by atoms with Gasteiger partial charge in [-0.3, -0.25) is 0 Å². The third-order valence-corrected chi connectivity index (χ3v) is 2.20. The van der Waals surface area contributed by atoms with Gasteiger partial charge in [-0.1, -0.05) is 38.1 Å². The predicted molar refractivity (Wildman–Crippen MR) is 54.9 cm³/mol. The molecule has 0 aliphatic heterocycles. The molecule has 13 heavy (non-hydrogen) atoms. The highest BCUT2D eigenvalue weighted by Crippen LogP contribution is 2.15. The summed E-state index contributed by atoms with van der Waals surface area (Å²) in [5, 5.41) is 0. The minimum atomic E-state index is 0.583. The van der Waals surface area contributed by atoms with Crippen LogP contribution in [0.2, 0.25) is 0 Å². The van der Waals surface area contributed by atoms with E-state index in [0.717, 1.165) is 12.7 Å². The molecule has 0 bridgehead atoms. The summed E-state index contributed by atoms with van der Waals surface area (Å²) in [6.45, 7) is 4.36. The van der Waals surface area contributed by atoms with E-state index < -0.39 is 0 Å². The van der Waals surface area contributed by atoms with E-state index in [-0.39, 0.29) is 0 Å². The van der Waals surface area contributed by atoms with Crippen LogP contribution in [0.15, 0.2) is 24.3 Å². The highest BCUT2D eigenvalue weighted by atomic mass is 16.1. The van der Waals surface area contributed by atoms with Crippen molar-refractivity contribution in [2.45, 2.75) is 32.6 Å². The molecule has 1 heteroatoms. The lowest BCUT2D eigenvalue weighted by Crippen LogP contribution is -1.89. The second-order valence-electron chi connectivity index (χ2n) is 3.60. The van der Waals surface area contributed by atoms with Crippen LogP contribution in [-0.4, -0.2) is 6.29 Å². The first-order valence-electron chi connectivity index (χ1n) is 4.76. The van der Waals surface area contributed by atoms with Crippen LogP contribution < -0.4 is 0 Å². The van der Waals surface area contributed by atoms with Crippen LogP contribution in [0.5, 0.6) is 0 Å².